The van der Waals surface area contributed by atoms with Gasteiger partial charge in [0.05, 0.1) is 64.1 Å². The molecule has 28 nitrogen and oxygen atoms in total. The monoisotopic (exact) mass is 1220 g/mol. The molecular weight excluding hydrogens is 1130 g/mol. The number of fused-ring (bicyclic) bond motifs is 7. The van der Waals surface area contributed by atoms with Crippen LogP contribution in [0.25, 0.3) is 0 Å². The minimum Gasteiger partial charge on any atom is -0.432 e. The summed E-state index contributed by atoms with van der Waals surface area (Å²) in [6.45, 7) is 9.75. The lowest BCUT2D eigenvalue weighted by atomic mass is 9.33. The third-order valence-corrected chi connectivity index (χ3v) is 22.6. The summed E-state index contributed by atoms with van der Waals surface area (Å²) >= 11 is 0. The van der Waals surface area contributed by atoms with Gasteiger partial charge in [-0.1, -0.05) is 53.2 Å². The van der Waals surface area contributed by atoms with Crippen LogP contribution in [-0.4, -0.2) is 279 Å². The molecule has 0 spiro atoms. The number of ether oxygens (including phenoxy) is 10. The Morgan fingerprint density at radius 1 is 0.635 bits per heavy atom. The molecule has 5 heterocycles. The molecule has 10 aliphatic rings. The van der Waals surface area contributed by atoms with Crippen molar-refractivity contribution in [3.05, 3.63) is 11.6 Å². The number of carbonyl (C=O) groups excluding carboxylic acids is 1. The van der Waals surface area contributed by atoms with Gasteiger partial charge in [-0.3, -0.25) is 4.79 Å². The summed E-state index contributed by atoms with van der Waals surface area (Å²) in [5.74, 6) is -4.91. The van der Waals surface area contributed by atoms with Crippen molar-refractivity contribution >= 4 is 5.97 Å². The highest BCUT2D eigenvalue weighted by Gasteiger charge is 2.73. The lowest BCUT2D eigenvalue weighted by molar-refractivity contribution is -0.418. The highest BCUT2D eigenvalue weighted by molar-refractivity contribution is 5.80. The Bertz CT molecular complexity index is 2420. The second kappa shape index (κ2) is 23.4. The van der Waals surface area contributed by atoms with E-state index in [1.165, 1.54) is 6.92 Å². The van der Waals surface area contributed by atoms with Crippen LogP contribution < -0.4 is 0 Å². The molecular formula is C57H92O28. The molecule has 0 aromatic rings. The first-order valence-electron chi connectivity index (χ1n) is 29.8. The van der Waals surface area contributed by atoms with E-state index < -0.39 is 225 Å². The summed E-state index contributed by atoms with van der Waals surface area (Å²) in [7, 11) is 0. The number of hydrogen-bond acceptors (Lipinski definition) is 28. The van der Waals surface area contributed by atoms with Crippen LogP contribution in [0.5, 0.6) is 0 Å². The number of carbonyl (C=O) groups is 1. The molecule has 32 atom stereocenters. The molecule has 0 radical (unpaired) electrons. The van der Waals surface area contributed by atoms with Gasteiger partial charge in [0.25, 0.3) is 0 Å². The van der Waals surface area contributed by atoms with Crippen LogP contribution in [0.4, 0.5) is 0 Å². The molecule has 0 unspecified atom stereocenters. The molecule has 5 saturated heterocycles. The van der Waals surface area contributed by atoms with Crippen LogP contribution in [0.15, 0.2) is 11.6 Å². The second-order valence-corrected chi connectivity index (χ2v) is 28.1. The van der Waals surface area contributed by atoms with Crippen molar-refractivity contribution < 1.29 is 139 Å². The Morgan fingerprint density at radius 3 is 1.94 bits per heavy atom. The minimum atomic E-state index is -3.02. The number of rotatable bonds is 13. The summed E-state index contributed by atoms with van der Waals surface area (Å²) in [4.78, 5) is 15.4. The molecule has 0 bridgehead atoms. The molecule has 9 fully saturated rings. The van der Waals surface area contributed by atoms with Crippen molar-refractivity contribution in [2.75, 3.05) is 39.6 Å². The lowest BCUT2D eigenvalue weighted by Crippen LogP contribution is -2.70. The normalized spacial score (nSPS) is 56.0. The van der Waals surface area contributed by atoms with Gasteiger partial charge in [0.15, 0.2) is 31.1 Å². The van der Waals surface area contributed by atoms with E-state index >= 15 is 4.79 Å². The average molecular weight is 1230 g/mol. The molecule has 4 saturated carbocycles. The Balaban J connectivity index is 0.858. The van der Waals surface area contributed by atoms with Gasteiger partial charge in [-0.05, 0) is 97.7 Å². The average Bonchev–Trinajstić information content (AvgIpc) is 1.07. The number of aliphatic hydroxyl groups excluding tert-OH is 15. The van der Waals surface area contributed by atoms with Crippen LogP contribution in [0, 0.1) is 50.2 Å². The van der Waals surface area contributed by atoms with Gasteiger partial charge in [-0.15, -0.1) is 0 Å². The molecule has 0 aromatic carbocycles. The van der Waals surface area contributed by atoms with Gasteiger partial charge in [0.1, 0.15) is 84.3 Å². The first kappa shape index (κ1) is 66.1. The van der Waals surface area contributed by atoms with Crippen molar-refractivity contribution in [2.45, 2.75) is 246 Å². The van der Waals surface area contributed by atoms with Gasteiger partial charge >= 0.3 is 11.9 Å². The highest BCUT2D eigenvalue weighted by Crippen LogP contribution is 2.76. The van der Waals surface area contributed by atoms with E-state index in [0.29, 0.717) is 32.1 Å². The Hall–Kier alpha value is -1.83. The SMILES string of the molecule is C[C@@H]1O[C@@H](O[C@@H]2[C@H](OC(=O)[C@]34CCC(C)(C)C[C@H]3C3=CC[C@@H]5[C@@]6(C)C[C@H](O)[C@H](O[C@@H]7O[C@H](CO)[C@@H](O)[C@H](O)[C@H]7O)[C@@](C)(CO)[C@@H]6CC[C@@]5(C)[C@]3(C)C[C@H]4O)OC[C@H](O)[C@@H]2O)[C@H](O)[C@@H](O)[C@H]1O[C@@H]1OC[C@@H](O)[C@H](O[C@]2(O)OC[C@](O)(CO)[C@H]2O)[C@H]1O. The first-order valence-corrected chi connectivity index (χ1v) is 29.8. The molecule has 0 aromatic heterocycles. The minimum absolute atomic E-state index is 0.112. The van der Waals surface area contributed by atoms with Gasteiger partial charge in [0.2, 0.25) is 6.29 Å². The van der Waals surface area contributed by atoms with Crippen molar-refractivity contribution in [3.8, 4) is 0 Å². The largest absolute Gasteiger partial charge is 0.432 e. The van der Waals surface area contributed by atoms with Crippen molar-refractivity contribution in [2.24, 2.45) is 50.2 Å². The summed E-state index contributed by atoms with van der Waals surface area (Å²) in [6, 6.07) is 0. The van der Waals surface area contributed by atoms with E-state index in [1.807, 2.05) is 6.92 Å². The van der Waals surface area contributed by atoms with Crippen LogP contribution >= 0.6 is 0 Å². The Morgan fingerprint density at radius 2 is 1.28 bits per heavy atom. The highest BCUT2D eigenvalue weighted by atomic mass is 16.9. The molecule has 10 rings (SSSR count). The van der Waals surface area contributed by atoms with E-state index in [1.54, 1.807) is 0 Å². The zero-order valence-electron chi connectivity index (χ0n) is 49.0. The molecule has 17 N–H and O–H groups in total. The van der Waals surface area contributed by atoms with Crippen molar-refractivity contribution in [1.82, 2.24) is 0 Å². The van der Waals surface area contributed by atoms with Crippen molar-refractivity contribution in [3.63, 3.8) is 0 Å². The van der Waals surface area contributed by atoms with Crippen LogP contribution in [0.2, 0.25) is 0 Å². The third kappa shape index (κ3) is 10.5. The first-order chi connectivity index (χ1) is 39.7. The van der Waals surface area contributed by atoms with Crippen molar-refractivity contribution in [1.29, 1.82) is 0 Å². The van der Waals surface area contributed by atoms with Gasteiger partial charge in [-0.25, -0.2) is 0 Å². The smallest absolute Gasteiger partial charge is 0.317 e. The maximum absolute atomic E-state index is 15.4. The summed E-state index contributed by atoms with van der Waals surface area (Å²) in [6.07, 6.45) is -31.4. The van der Waals surface area contributed by atoms with Crippen LogP contribution in [0.3, 0.4) is 0 Å². The summed E-state index contributed by atoms with van der Waals surface area (Å²) in [5.41, 5.74) is -6.41. The van der Waals surface area contributed by atoms with Crippen LogP contribution in [0.1, 0.15) is 99.8 Å². The van der Waals surface area contributed by atoms with E-state index in [-0.39, 0.29) is 36.5 Å². The number of hydrogen-bond donors (Lipinski definition) is 17. The zero-order chi connectivity index (χ0) is 62.3. The molecule has 488 valence electrons. The maximum atomic E-state index is 15.4. The fourth-order valence-corrected chi connectivity index (χ4v) is 17.4. The Kier molecular flexibility index (Phi) is 18.2. The number of esters is 1. The topological polar surface area (TPSA) is 453 Å². The number of allylic oxidation sites excluding steroid dienone is 2. The fourth-order valence-electron chi connectivity index (χ4n) is 17.4. The quantitative estimate of drug-likeness (QED) is 0.0355. The second-order valence-electron chi connectivity index (χ2n) is 28.1. The van der Waals surface area contributed by atoms with E-state index in [0.717, 1.165) is 5.57 Å². The molecule has 5 aliphatic heterocycles. The van der Waals surface area contributed by atoms with E-state index in [9.17, 15) is 86.8 Å². The molecule has 5 aliphatic carbocycles. The van der Waals surface area contributed by atoms with Crippen LogP contribution in [-0.2, 0) is 52.2 Å². The fraction of sp³-hybridized carbons (Fsp3) is 0.947. The van der Waals surface area contributed by atoms with Gasteiger partial charge < -0.3 is 134 Å². The zero-order valence-corrected chi connectivity index (χ0v) is 49.0. The van der Waals surface area contributed by atoms with E-state index in [2.05, 4.69) is 40.7 Å². The summed E-state index contributed by atoms with van der Waals surface area (Å²) < 4.78 is 58.0. The summed E-state index contributed by atoms with van der Waals surface area (Å²) in [5, 5.41) is 187. The third-order valence-electron chi connectivity index (χ3n) is 22.6. The number of aliphatic hydroxyl groups is 17. The molecule has 28 heteroatoms. The molecule has 85 heavy (non-hydrogen) atoms. The van der Waals surface area contributed by atoms with E-state index in [4.69, 9.17) is 47.4 Å². The standard InChI is InChI=1S/C57H92O28/c1-23-40(81-44-39(71)41(28(63)19-76-44)85-57(75)48(72)55(74,21-60)22-78-57)36(68)38(70)45(79-23)82-42-33(65)27(62)18-77-47(42)84-49(73)56-13-12-50(2,3)14-25(56)24-8-9-31-51(4)15-26(61)43(83-46-37(69)35(67)34(66)29(17-58)80-46)52(5,20-59)30(51)10-11-53(31,6)54(24,7)16-32(56)64/h8,23,25-48,58-72,74-75H,9-22H2,1-7H3/t23-,25-,26-,27-,28+,29+,30+,31+,32+,33-,34+,35-,36+,37+,38+,39+,40-,41-,42-,43-,44-,45-,46-,47-,48+,51-,52-,53+,54+,55+,56+,57+/m0/s1. The Labute approximate surface area is 491 Å². The maximum Gasteiger partial charge on any atom is 0.317 e. The molecule has 0 amide bonds. The predicted octanol–water partition coefficient (Wildman–Crippen LogP) is -5.03. The predicted molar refractivity (Wildman–Crippen MR) is 281 cm³/mol. The van der Waals surface area contributed by atoms with Gasteiger partial charge in [-0.2, -0.15) is 0 Å². The van der Waals surface area contributed by atoms with Gasteiger partial charge in [0, 0.05) is 5.41 Å². The lowest BCUT2D eigenvalue weighted by Gasteiger charge is -2.72.